The Kier molecular flexibility index (Phi) is 4.85. The zero-order chi connectivity index (χ0) is 19.8. The molecule has 3 aromatic carbocycles. The van der Waals surface area contributed by atoms with Crippen molar-refractivity contribution in [3.8, 4) is 16.9 Å². The van der Waals surface area contributed by atoms with Crippen LogP contribution in [-0.2, 0) is 7.05 Å². The van der Waals surface area contributed by atoms with E-state index in [1.807, 2.05) is 19.2 Å². The smallest absolute Gasteiger partial charge is 0.208 e. The molecule has 1 N–H and O–H groups in total. The summed E-state index contributed by atoms with van der Waals surface area (Å²) in [6, 6.07) is 18.8. The first-order chi connectivity index (χ1) is 13.5. The van der Waals surface area contributed by atoms with Crippen molar-refractivity contribution in [3.05, 3.63) is 70.2 Å². The molecule has 0 aliphatic rings. The van der Waals surface area contributed by atoms with Gasteiger partial charge in [-0.05, 0) is 43.2 Å². The number of hydrogen-bond acceptors (Lipinski definition) is 3. The zero-order valence-electron chi connectivity index (χ0n) is 16.4. The number of para-hydroxylation sites is 1. The van der Waals surface area contributed by atoms with Crippen LogP contribution in [0, 0.1) is 13.8 Å². The van der Waals surface area contributed by atoms with E-state index in [-0.39, 0.29) is 0 Å². The number of anilines is 2. The van der Waals surface area contributed by atoms with E-state index in [1.54, 1.807) is 7.11 Å². The first-order valence-corrected chi connectivity index (χ1v) is 9.91. The summed E-state index contributed by atoms with van der Waals surface area (Å²) in [5.41, 5.74) is 7.66. The van der Waals surface area contributed by atoms with Crippen LogP contribution in [0.25, 0.3) is 22.2 Å². The van der Waals surface area contributed by atoms with Gasteiger partial charge in [-0.3, -0.25) is 0 Å². The first kappa shape index (κ1) is 18.6. The van der Waals surface area contributed by atoms with Gasteiger partial charge in [0.2, 0.25) is 5.95 Å². The lowest BCUT2D eigenvalue weighted by atomic mass is 10.0. The van der Waals surface area contributed by atoms with E-state index < -0.39 is 0 Å². The predicted octanol–water partition coefficient (Wildman–Crippen LogP) is 6.37. The van der Waals surface area contributed by atoms with E-state index in [1.165, 1.54) is 16.7 Å². The highest BCUT2D eigenvalue weighted by atomic mass is 79.9. The normalized spacial score (nSPS) is 11.0. The molecular formula is C23H22BrN3O. The van der Waals surface area contributed by atoms with Crippen LogP contribution >= 0.6 is 15.9 Å². The van der Waals surface area contributed by atoms with Gasteiger partial charge in [-0.15, -0.1) is 0 Å². The van der Waals surface area contributed by atoms with Crippen molar-refractivity contribution in [1.29, 1.82) is 0 Å². The Morgan fingerprint density at radius 3 is 2.57 bits per heavy atom. The third kappa shape index (κ3) is 3.27. The average Bonchev–Trinajstić information content (AvgIpc) is 2.99. The van der Waals surface area contributed by atoms with Crippen LogP contribution in [-0.4, -0.2) is 16.7 Å². The van der Waals surface area contributed by atoms with Crippen molar-refractivity contribution in [2.45, 2.75) is 13.8 Å². The highest BCUT2D eigenvalue weighted by molar-refractivity contribution is 9.10. The molecular weight excluding hydrogens is 414 g/mol. The molecule has 0 aliphatic heterocycles. The maximum atomic E-state index is 5.57. The fraction of sp³-hybridized carbons (Fsp3) is 0.174. The van der Waals surface area contributed by atoms with Crippen molar-refractivity contribution in [3.63, 3.8) is 0 Å². The van der Waals surface area contributed by atoms with Gasteiger partial charge in [0.15, 0.2) is 0 Å². The van der Waals surface area contributed by atoms with Crippen LogP contribution < -0.4 is 10.1 Å². The zero-order valence-corrected chi connectivity index (χ0v) is 18.0. The Bertz CT molecular complexity index is 1180. The van der Waals surface area contributed by atoms with Crippen LogP contribution in [0.4, 0.5) is 11.6 Å². The number of rotatable bonds is 4. The Balaban J connectivity index is 1.85. The molecule has 4 nitrogen and oxygen atoms in total. The molecule has 0 aliphatic carbocycles. The number of methoxy groups -OCH3 is 1. The van der Waals surface area contributed by atoms with Gasteiger partial charge in [0.25, 0.3) is 0 Å². The summed E-state index contributed by atoms with van der Waals surface area (Å²) >= 11 is 3.53. The highest BCUT2D eigenvalue weighted by Crippen LogP contribution is 2.36. The fourth-order valence-electron chi connectivity index (χ4n) is 3.57. The Morgan fingerprint density at radius 2 is 1.82 bits per heavy atom. The fourth-order valence-corrected chi connectivity index (χ4v) is 4.12. The lowest BCUT2D eigenvalue weighted by Gasteiger charge is -2.14. The molecule has 28 heavy (non-hydrogen) atoms. The van der Waals surface area contributed by atoms with Crippen molar-refractivity contribution >= 4 is 38.6 Å². The van der Waals surface area contributed by atoms with Gasteiger partial charge >= 0.3 is 0 Å². The molecule has 0 saturated heterocycles. The SMILES string of the molecule is COc1cc(Br)cc(C)c1Nc1nc2cccc(-c3cccc(C)c3)c2n1C. The van der Waals surface area contributed by atoms with Crippen LogP contribution in [0.1, 0.15) is 11.1 Å². The van der Waals surface area contributed by atoms with E-state index in [0.29, 0.717) is 0 Å². The van der Waals surface area contributed by atoms with Crippen LogP contribution in [0.2, 0.25) is 0 Å². The lowest BCUT2D eigenvalue weighted by molar-refractivity contribution is 0.416. The Hall–Kier alpha value is -2.79. The minimum Gasteiger partial charge on any atom is -0.495 e. The summed E-state index contributed by atoms with van der Waals surface area (Å²) in [5, 5.41) is 3.47. The Morgan fingerprint density at radius 1 is 1.04 bits per heavy atom. The van der Waals surface area contributed by atoms with Gasteiger partial charge in [0.05, 0.1) is 23.8 Å². The molecule has 0 atom stereocenters. The number of aromatic nitrogens is 2. The van der Waals surface area contributed by atoms with E-state index in [0.717, 1.165) is 38.5 Å². The molecule has 0 bridgehead atoms. The second-order valence-electron chi connectivity index (χ2n) is 6.96. The van der Waals surface area contributed by atoms with Crippen molar-refractivity contribution < 1.29 is 4.74 Å². The maximum Gasteiger partial charge on any atom is 0.208 e. The van der Waals surface area contributed by atoms with Crippen molar-refractivity contribution in [2.24, 2.45) is 7.05 Å². The number of hydrogen-bond donors (Lipinski definition) is 1. The number of nitrogens with zero attached hydrogens (tertiary/aromatic N) is 2. The summed E-state index contributed by atoms with van der Waals surface area (Å²) in [4.78, 5) is 4.84. The molecule has 4 aromatic rings. The molecule has 5 heteroatoms. The number of aryl methyl sites for hydroxylation is 3. The minimum atomic E-state index is 0.776. The van der Waals surface area contributed by atoms with Crippen LogP contribution in [0.3, 0.4) is 0 Å². The molecule has 0 radical (unpaired) electrons. The van der Waals surface area contributed by atoms with Crippen molar-refractivity contribution in [2.75, 3.05) is 12.4 Å². The molecule has 0 unspecified atom stereocenters. The lowest BCUT2D eigenvalue weighted by Crippen LogP contribution is -2.03. The summed E-state index contributed by atoms with van der Waals surface area (Å²) < 4.78 is 8.66. The Labute approximate surface area is 173 Å². The summed E-state index contributed by atoms with van der Waals surface area (Å²) in [6.45, 7) is 4.17. The van der Waals surface area contributed by atoms with E-state index in [4.69, 9.17) is 9.72 Å². The summed E-state index contributed by atoms with van der Waals surface area (Å²) in [5.74, 6) is 1.55. The van der Waals surface area contributed by atoms with Gasteiger partial charge in [-0.25, -0.2) is 4.98 Å². The molecule has 0 amide bonds. The maximum absolute atomic E-state index is 5.57. The molecule has 4 rings (SSSR count). The van der Waals surface area contributed by atoms with Crippen LogP contribution in [0.15, 0.2) is 59.1 Å². The predicted molar refractivity (Wildman–Crippen MR) is 120 cm³/mol. The van der Waals surface area contributed by atoms with E-state index in [9.17, 15) is 0 Å². The second-order valence-corrected chi connectivity index (χ2v) is 7.88. The second kappa shape index (κ2) is 7.32. The molecule has 142 valence electrons. The average molecular weight is 436 g/mol. The van der Waals surface area contributed by atoms with E-state index >= 15 is 0 Å². The third-order valence-electron chi connectivity index (χ3n) is 4.94. The highest BCUT2D eigenvalue weighted by Gasteiger charge is 2.16. The molecule has 0 fully saturated rings. The molecule has 0 spiro atoms. The van der Waals surface area contributed by atoms with Gasteiger partial charge < -0.3 is 14.6 Å². The quantitative estimate of drug-likeness (QED) is 0.404. The molecule has 1 aromatic heterocycles. The van der Waals surface area contributed by atoms with Gasteiger partial charge in [0, 0.05) is 17.1 Å². The number of ether oxygens (including phenoxy) is 1. The number of benzene rings is 3. The van der Waals surface area contributed by atoms with E-state index in [2.05, 4.69) is 82.1 Å². The van der Waals surface area contributed by atoms with Gasteiger partial charge in [-0.1, -0.05) is 57.9 Å². The largest absolute Gasteiger partial charge is 0.495 e. The third-order valence-corrected chi connectivity index (χ3v) is 5.40. The van der Waals surface area contributed by atoms with Crippen LogP contribution in [0.5, 0.6) is 5.75 Å². The topological polar surface area (TPSA) is 39.1 Å². The molecule has 1 heterocycles. The first-order valence-electron chi connectivity index (χ1n) is 9.11. The summed E-state index contributed by atoms with van der Waals surface area (Å²) in [6.07, 6.45) is 0. The molecule has 0 saturated carbocycles. The standard InChI is InChI=1S/C23H22BrN3O/c1-14-7-5-8-16(11-14)18-9-6-10-19-22(18)27(3)23(25-19)26-21-15(2)12-17(24)13-20(21)28-4/h5-13H,1-4H3,(H,25,26). The van der Waals surface area contributed by atoms with Crippen molar-refractivity contribution in [1.82, 2.24) is 9.55 Å². The summed E-state index contributed by atoms with van der Waals surface area (Å²) in [7, 11) is 3.72. The van der Waals surface area contributed by atoms with Gasteiger partial charge in [-0.2, -0.15) is 0 Å². The number of imidazole rings is 1. The number of halogens is 1. The minimum absolute atomic E-state index is 0.776. The van der Waals surface area contributed by atoms with Gasteiger partial charge in [0.1, 0.15) is 5.75 Å². The monoisotopic (exact) mass is 435 g/mol. The number of nitrogens with one attached hydrogen (secondary N) is 1. The number of fused-ring (bicyclic) bond motifs is 1.